The Morgan fingerprint density at radius 2 is 1.69 bits per heavy atom. The van der Waals surface area contributed by atoms with Crippen molar-refractivity contribution < 1.29 is 29.3 Å². The Morgan fingerprint density at radius 3 is 1.69 bits per heavy atom. The number of carboxylic acid groups (broad SMARTS) is 2. The van der Waals surface area contributed by atoms with Crippen molar-refractivity contribution in [1.82, 2.24) is 0 Å². The molecule has 0 bridgehead atoms. The van der Waals surface area contributed by atoms with Gasteiger partial charge in [0.2, 0.25) is 0 Å². The Morgan fingerprint density at radius 1 is 1.23 bits per heavy atom. The number of hydrogen-bond donors (Lipinski definition) is 2. The molecular formula is C7H12O6. The molecule has 0 rings (SSSR count). The van der Waals surface area contributed by atoms with Crippen LogP contribution in [0.25, 0.3) is 0 Å². The summed E-state index contributed by atoms with van der Waals surface area (Å²) in [4.78, 5) is 28.7. The first-order chi connectivity index (χ1) is 5.95. The van der Waals surface area contributed by atoms with Gasteiger partial charge in [-0.05, 0) is 6.42 Å². The van der Waals surface area contributed by atoms with Crippen molar-refractivity contribution >= 4 is 17.9 Å². The number of carbonyl (C=O) groups excluding carboxylic acids is 1. The van der Waals surface area contributed by atoms with Crippen molar-refractivity contribution in [3.05, 3.63) is 0 Å². The summed E-state index contributed by atoms with van der Waals surface area (Å²) in [5, 5.41) is 15.6. The van der Waals surface area contributed by atoms with Crippen LogP contribution in [-0.4, -0.2) is 35.2 Å². The first-order valence-electron chi connectivity index (χ1n) is 3.48. The van der Waals surface area contributed by atoms with E-state index in [2.05, 4.69) is 4.74 Å². The SMILES string of the molecule is CCCC(=O)O.COC(=O)C(=O)O. The van der Waals surface area contributed by atoms with Gasteiger partial charge < -0.3 is 14.9 Å². The Labute approximate surface area is 75.1 Å². The van der Waals surface area contributed by atoms with Crippen molar-refractivity contribution in [2.24, 2.45) is 0 Å². The molecule has 0 unspecified atom stereocenters. The lowest BCUT2D eigenvalue weighted by molar-refractivity contribution is -0.161. The molecule has 0 aliphatic carbocycles. The summed E-state index contributed by atoms with van der Waals surface area (Å²) < 4.78 is 3.77. The van der Waals surface area contributed by atoms with Gasteiger partial charge in [-0.25, -0.2) is 9.59 Å². The average Bonchev–Trinajstić information content (AvgIpc) is 2.03. The zero-order valence-electron chi connectivity index (χ0n) is 7.44. The lowest BCUT2D eigenvalue weighted by Gasteiger charge is -1.85. The molecule has 0 aromatic carbocycles. The summed E-state index contributed by atoms with van der Waals surface area (Å²) in [5.74, 6) is -3.51. The molecule has 6 heteroatoms. The maximum absolute atomic E-state index is 9.69. The zero-order valence-corrected chi connectivity index (χ0v) is 7.44. The van der Waals surface area contributed by atoms with Crippen LogP contribution in [0.1, 0.15) is 19.8 Å². The molecule has 76 valence electrons. The second-order valence-corrected chi connectivity index (χ2v) is 1.94. The molecule has 0 radical (unpaired) electrons. The van der Waals surface area contributed by atoms with Gasteiger partial charge in [0.05, 0.1) is 7.11 Å². The largest absolute Gasteiger partial charge is 0.481 e. The zero-order chi connectivity index (χ0) is 10.9. The number of carboxylic acids is 2. The molecular weight excluding hydrogens is 180 g/mol. The minimum absolute atomic E-state index is 0.292. The van der Waals surface area contributed by atoms with Crippen LogP contribution >= 0.6 is 0 Å². The molecule has 0 atom stereocenters. The smallest absolute Gasteiger partial charge is 0.417 e. The molecule has 13 heavy (non-hydrogen) atoms. The van der Waals surface area contributed by atoms with Crippen molar-refractivity contribution in [3.8, 4) is 0 Å². The molecule has 0 saturated carbocycles. The van der Waals surface area contributed by atoms with E-state index in [1.54, 1.807) is 0 Å². The Bertz CT molecular complexity index is 185. The fourth-order valence-electron chi connectivity index (χ4n) is 0.301. The van der Waals surface area contributed by atoms with Gasteiger partial charge in [-0.15, -0.1) is 0 Å². The fourth-order valence-corrected chi connectivity index (χ4v) is 0.301. The van der Waals surface area contributed by atoms with Gasteiger partial charge >= 0.3 is 17.9 Å². The molecule has 2 N–H and O–H groups in total. The highest BCUT2D eigenvalue weighted by Gasteiger charge is 2.08. The van der Waals surface area contributed by atoms with E-state index in [1.165, 1.54) is 0 Å². The van der Waals surface area contributed by atoms with E-state index in [0.29, 0.717) is 6.42 Å². The molecule has 0 fully saturated rings. The maximum atomic E-state index is 9.69. The minimum atomic E-state index is -1.57. The maximum Gasteiger partial charge on any atom is 0.417 e. The number of esters is 1. The highest BCUT2D eigenvalue weighted by atomic mass is 16.5. The van der Waals surface area contributed by atoms with E-state index in [-0.39, 0.29) is 0 Å². The molecule has 0 amide bonds. The predicted molar refractivity (Wildman–Crippen MR) is 42.2 cm³/mol. The van der Waals surface area contributed by atoms with Gasteiger partial charge in [-0.1, -0.05) is 6.92 Å². The third-order valence-electron chi connectivity index (χ3n) is 0.824. The minimum Gasteiger partial charge on any atom is -0.481 e. The van der Waals surface area contributed by atoms with Crippen LogP contribution < -0.4 is 0 Å². The van der Waals surface area contributed by atoms with Gasteiger partial charge in [0, 0.05) is 6.42 Å². The Balaban J connectivity index is 0. The topological polar surface area (TPSA) is 101 Å². The monoisotopic (exact) mass is 192 g/mol. The van der Waals surface area contributed by atoms with Gasteiger partial charge in [-0.2, -0.15) is 0 Å². The van der Waals surface area contributed by atoms with Crippen LogP contribution in [-0.2, 0) is 19.1 Å². The molecule has 0 spiro atoms. The highest BCUT2D eigenvalue weighted by molar-refractivity contribution is 6.28. The Kier molecular flexibility index (Phi) is 9.14. The number of rotatable bonds is 2. The van der Waals surface area contributed by atoms with Crippen LogP contribution in [0.4, 0.5) is 0 Å². The lowest BCUT2D eigenvalue weighted by Crippen LogP contribution is -2.13. The third kappa shape index (κ3) is 13.4. The van der Waals surface area contributed by atoms with Gasteiger partial charge in [0.15, 0.2) is 0 Å². The molecule has 6 nitrogen and oxygen atoms in total. The summed E-state index contributed by atoms with van der Waals surface area (Å²) in [6.07, 6.45) is 1.02. The number of aliphatic carboxylic acids is 2. The normalized spacial score (nSPS) is 7.85. The molecule has 0 heterocycles. The second kappa shape index (κ2) is 8.51. The number of carbonyl (C=O) groups is 3. The number of hydrogen-bond acceptors (Lipinski definition) is 4. The van der Waals surface area contributed by atoms with E-state index in [1.807, 2.05) is 6.92 Å². The second-order valence-electron chi connectivity index (χ2n) is 1.94. The van der Waals surface area contributed by atoms with E-state index in [4.69, 9.17) is 10.2 Å². The standard InChI is InChI=1S/C4H8O2.C3H4O4/c1-2-3-4(5)6;1-7-3(6)2(4)5/h2-3H2,1H3,(H,5,6);1H3,(H,4,5). The van der Waals surface area contributed by atoms with Crippen molar-refractivity contribution in [2.75, 3.05) is 7.11 Å². The number of methoxy groups -OCH3 is 1. The summed E-state index contributed by atoms with van der Waals surface area (Å²) in [6.45, 7) is 1.84. The van der Waals surface area contributed by atoms with Crippen LogP contribution in [0.15, 0.2) is 0 Å². The van der Waals surface area contributed by atoms with Crippen molar-refractivity contribution in [1.29, 1.82) is 0 Å². The molecule has 0 aromatic heterocycles. The summed E-state index contributed by atoms with van der Waals surface area (Å²) >= 11 is 0. The van der Waals surface area contributed by atoms with Crippen LogP contribution in [0.3, 0.4) is 0 Å². The van der Waals surface area contributed by atoms with Crippen molar-refractivity contribution in [2.45, 2.75) is 19.8 Å². The predicted octanol–water partition coefficient (Wildman–Crippen LogP) is 0.115. The first-order valence-corrected chi connectivity index (χ1v) is 3.48. The third-order valence-corrected chi connectivity index (χ3v) is 0.824. The van der Waals surface area contributed by atoms with E-state index in [9.17, 15) is 14.4 Å². The molecule has 0 saturated heterocycles. The lowest BCUT2D eigenvalue weighted by atomic mass is 10.4. The van der Waals surface area contributed by atoms with Crippen molar-refractivity contribution in [3.63, 3.8) is 0 Å². The van der Waals surface area contributed by atoms with E-state index < -0.39 is 17.9 Å². The summed E-state index contributed by atoms with van der Waals surface area (Å²) in [7, 11) is 1.01. The Hall–Kier alpha value is -1.59. The summed E-state index contributed by atoms with van der Waals surface area (Å²) in [6, 6.07) is 0. The fraction of sp³-hybridized carbons (Fsp3) is 0.571. The van der Waals surface area contributed by atoms with E-state index in [0.717, 1.165) is 13.5 Å². The van der Waals surface area contributed by atoms with Crippen LogP contribution in [0, 0.1) is 0 Å². The van der Waals surface area contributed by atoms with E-state index >= 15 is 0 Å². The molecule has 0 aliphatic rings. The quantitative estimate of drug-likeness (QED) is 0.475. The molecule has 0 aromatic rings. The van der Waals surface area contributed by atoms with Crippen LogP contribution in [0.5, 0.6) is 0 Å². The average molecular weight is 192 g/mol. The van der Waals surface area contributed by atoms with Gasteiger partial charge in [0.25, 0.3) is 0 Å². The van der Waals surface area contributed by atoms with Gasteiger partial charge in [0.1, 0.15) is 0 Å². The summed E-state index contributed by atoms with van der Waals surface area (Å²) in [5.41, 5.74) is 0. The molecule has 0 aliphatic heterocycles. The highest BCUT2D eigenvalue weighted by Crippen LogP contribution is 1.82. The first kappa shape index (κ1) is 14.0. The number of ether oxygens (including phenoxy) is 1. The van der Waals surface area contributed by atoms with Gasteiger partial charge in [-0.3, -0.25) is 4.79 Å². The van der Waals surface area contributed by atoms with Crippen LogP contribution in [0.2, 0.25) is 0 Å².